The minimum atomic E-state index is -0.334. The van der Waals surface area contributed by atoms with Crippen molar-refractivity contribution < 1.29 is 9.53 Å². The lowest BCUT2D eigenvalue weighted by Crippen LogP contribution is -2.19. The number of benzene rings is 3. The van der Waals surface area contributed by atoms with Gasteiger partial charge in [0.2, 0.25) is 5.95 Å². The number of anilines is 6. The molecule has 3 aromatic carbocycles. The fraction of sp³-hybridized carbons (Fsp3) is 0.115. The molecule has 0 bridgehead atoms. The topological polar surface area (TPSA) is 100 Å². The summed E-state index contributed by atoms with van der Waals surface area (Å²) in [5.74, 6) is 1.91. The van der Waals surface area contributed by atoms with E-state index in [2.05, 4.69) is 38.2 Å². The van der Waals surface area contributed by atoms with Gasteiger partial charge in [-0.3, -0.25) is 0 Å². The molecule has 4 aromatic rings. The smallest absolute Gasteiger partial charge is 0.323 e. The maximum Gasteiger partial charge on any atom is 0.323 e. The van der Waals surface area contributed by atoms with Crippen molar-refractivity contribution in [3.63, 3.8) is 0 Å². The lowest BCUT2D eigenvalue weighted by molar-refractivity contribution is 0.262. The summed E-state index contributed by atoms with van der Waals surface area (Å²) >= 11 is 0. The van der Waals surface area contributed by atoms with Crippen molar-refractivity contribution in [2.75, 3.05) is 28.4 Å². The molecular formula is C26H26N6O2. The number of hydrogen-bond acceptors (Lipinski definition) is 6. The first-order chi connectivity index (χ1) is 16.5. The molecule has 0 aliphatic rings. The van der Waals surface area contributed by atoms with Crippen LogP contribution in [0.3, 0.4) is 0 Å². The molecule has 172 valence electrons. The Kier molecular flexibility index (Phi) is 6.88. The predicted octanol–water partition coefficient (Wildman–Crippen LogP) is 6.23. The first-order valence-corrected chi connectivity index (χ1v) is 10.8. The number of carbonyl (C=O) groups is 1. The fourth-order valence-corrected chi connectivity index (χ4v) is 3.21. The number of aromatic nitrogens is 2. The number of hydrogen-bond donors (Lipinski definition) is 4. The third-order valence-electron chi connectivity index (χ3n) is 4.92. The summed E-state index contributed by atoms with van der Waals surface area (Å²) in [6.07, 6.45) is 0. The highest BCUT2D eigenvalue weighted by molar-refractivity contribution is 5.99. The van der Waals surface area contributed by atoms with Crippen LogP contribution < -0.4 is 26.0 Å². The number of urea groups is 1. The molecule has 0 atom stereocenters. The van der Waals surface area contributed by atoms with Gasteiger partial charge in [0.05, 0.1) is 7.11 Å². The first-order valence-electron chi connectivity index (χ1n) is 10.8. The van der Waals surface area contributed by atoms with Gasteiger partial charge < -0.3 is 26.0 Å². The highest BCUT2D eigenvalue weighted by Crippen LogP contribution is 2.21. The lowest BCUT2D eigenvalue weighted by atomic mass is 10.2. The van der Waals surface area contributed by atoms with Crippen LogP contribution in [0.2, 0.25) is 0 Å². The molecule has 2 amide bonds. The molecule has 0 radical (unpaired) electrons. The van der Waals surface area contributed by atoms with E-state index in [-0.39, 0.29) is 6.03 Å². The summed E-state index contributed by atoms with van der Waals surface area (Å²) in [7, 11) is 1.60. The van der Waals surface area contributed by atoms with E-state index in [1.165, 1.54) is 5.56 Å². The number of methoxy groups -OCH3 is 1. The zero-order valence-corrected chi connectivity index (χ0v) is 19.2. The van der Waals surface area contributed by atoms with Gasteiger partial charge in [-0.25, -0.2) is 9.78 Å². The van der Waals surface area contributed by atoms with Crippen molar-refractivity contribution in [3.05, 3.63) is 90.1 Å². The number of aryl methyl sites for hydroxylation is 2. The summed E-state index contributed by atoms with van der Waals surface area (Å²) in [5.41, 5.74) is 5.11. The second kappa shape index (κ2) is 10.4. The molecule has 4 rings (SSSR count). The van der Waals surface area contributed by atoms with Gasteiger partial charge in [0, 0.05) is 34.5 Å². The van der Waals surface area contributed by atoms with Crippen LogP contribution in [0.1, 0.15) is 11.3 Å². The van der Waals surface area contributed by atoms with E-state index in [0.717, 1.165) is 22.8 Å². The standard InChI is InChI=1S/C26H26N6O2/c1-17-4-6-19(7-5-17)28-24-16-18(2)27-25(32-24)29-20-8-10-21(11-9-20)30-26(33)31-22-12-14-23(34-3)15-13-22/h4-16H,1-3H3,(H2,30,31,33)(H2,27,28,29,32). The second-order valence-electron chi connectivity index (χ2n) is 7.72. The Balaban J connectivity index is 1.36. The molecule has 0 fully saturated rings. The number of rotatable bonds is 7. The largest absolute Gasteiger partial charge is 0.497 e. The molecule has 1 heterocycles. The maximum absolute atomic E-state index is 12.3. The lowest BCUT2D eigenvalue weighted by Gasteiger charge is -2.11. The summed E-state index contributed by atoms with van der Waals surface area (Å²) < 4.78 is 5.12. The Morgan fingerprint density at radius 2 is 1.24 bits per heavy atom. The Hall–Kier alpha value is -4.59. The van der Waals surface area contributed by atoms with E-state index in [4.69, 9.17) is 4.74 Å². The van der Waals surface area contributed by atoms with Gasteiger partial charge in [0.25, 0.3) is 0 Å². The molecule has 0 aliphatic carbocycles. The average Bonchev–Trinajstić information content (AvgIpc) is 2.82. The second-order valence-corrected chi connectivity index (χ2v) is 7.72. The monoisotopic (exact) mass is 454 g/mol. The van der Waals surface area contributed by atoms with Crippen LogP contribution in [-0.2, 0) is 0 Å². The maximum atomic E-state index is 12.3. The predicted molar refractivity (Wildman–Crippen MR) is 137 cm³/mol. The molecule has 34 heavy (non-hydrogen) atoms. The van der Waals surface area contributed by atoms with E-state index in [9.17, 15) is 4.79 Å². The van der Waals surface area contributed by atoms with E-state index in [1.54, 1.807) is 43.5 Å². The van der Waals surface area contributed by atoms with Crippen LogP contribution in [0.25, 0.3) is 0 Å². The van der Waals surface area contributed by atoms with Crippen molar-refractivity contribution >= 4 is 40.5 Å². The normalized spacial score (nSPS) is 10.3. The van der Waals surface area contributed by atoms with Crippen molar-refractivity contribution in [2.24, 2.45) is 0 Å². The fourth-order valence-electron chi connectivity index (χ4n) is 3.21. The summed E-state index contributed by atoms with van der Waals surface area (Å²) in [6, 6.07) is 24.1. The molecule has 0 unspecified atom stereocenters. The average molecular weight is 455 g/mol. The highest BCUT2D eigenvalue weighted by Gasteiger charge is 2.06. The molecule has 0 saturated heterocycles. The van der Waals surface area contributed by atoms with Crippen LogP contribution in [0.5, 0.6) is 5.75 Å². The summed E-state index contributed by atoms with van der Waals surface area (Å²) in [6.45, 7) is 3.97. The van der Waals surface area contributed by atoms with Gasteiger partial charge in [-0.05, 0) is 74.5 Å². The molecule has 0 aliphatic heterocycles. The summed E-state index contributed by atoms with van der Waals surface area (Å²) in [5, 5.41) is 12.1. The molecule has 0 saturated carbocycles. The molecule has 8 heteroatoms. The van der Waals surface area contributed by atoms with Crippen molar-refractivity contribution in [1.29, 1.82) is 0 Å². The van der Waals surface area contributed by atoms with E-state index in [1.807, 2.05) is 49.4 Å². The zero-order chi connectivity index (χ0) is 23.9. The van der Waals surface area contributed by atoms with Gasteiger partial charge >= 0.3 is 6.03 Å². The first kappa shape index (κ1) is 22.6. The van der Waals surface area contributed by atoms with Crippen LogP contribution in [-0.4, -0.2) is 23.1 Å². The quantitative estimate of drug-likeness (QED) is 0.264. The van der Waals surface area contributed by atoms with Gasteiger partial charge in [-0.2, -0.15) is 4.98 Å². The minimum absolute atomic E-state index is 0.334. The van der Waals surface area contributed by atoms with Crippen LogP contribution in [0.4, 0.5) is 39.3 Å². The van der Waals surface area contributed by atoms with Crippen LogP contribution >= 0.6 is 0 Å². The zero-order valence-electron chi connectivity index (χ0n) is 19.2. The van der Waals surface area contributed by atoms with E-state index < -0.39 is 0 Å². The van der Waals surface area contributed by atoms with Gasteiger partial charge in [-0.1, -0.05) is 17.7 Å². The number of carbonyl (C=O) groups excluding carboxylic acids is 1. The number of amides is 2. The van der Waals surface area contributed by atoms with Crippen molar-refractivity contribution in [1.82, 2.24) is 9.97 Å². The number of nitrogens with zero attached hydrogens (tertiary/aromatic N) is 2. The Morgan fingerprint density at radius 1 is 0.706 bits per heavy atom. The van der Waals surface area contributed by atoms with Crippen LogP contribution in [0.15, 0.2) is 78.9 Å². The molecule has 8 nitrogen and oxygen atoms in total. The van der Waals surface area contributed by atoms with Crippen LogP contribution in [0, 0.1) is 13.8 Å². The third-order valence-corrected chi connectivity index (χ3v) is 4.92. The molecular weight excluding hydrogens is 428 g/mol. The van der Waals surface area contributed by atoms with Crippen molar-refractivity contribution in [3.8, 4) is 5.75 Å². The Morgan fingerprint density at radius 3 is 1.85 bits per heavy atom. The highest BCUT2D eigenvalue weighted by atomic mass is 16.5. The van der Waals surface area contributed by atoms with Crippen molar-refractivity contribution in [2.45, 2.75) is 13.8 Å². The minimum Gasteiger partial charge on any atom is -0.497 e. The third kappa shape index (κ3) is 6.23. The molecule has 1 aromatic heterocycles. The van der Waals surface area contributed by atoms with E-state index >= 15 is 0 Å². The Labute approximate surface area is 198 Å². The van der Waals surface area contributed by atoms with Gasteiger partial charge in [0.1, 0.15) is 11.6 Å². The van der Waals surface area contributed by atoms with E-state index in [0.29, 0.717) is 23.1 Å². The molecule has 4 N–H and O–H groups in total. The number of ether oxygens (including phenoxy) is 1. The Bertz CT molecular complexity index is 1260. The summed E-state index contributed by atoms with van der Waals surface area (Å²) in [4.78, 5) is 21.3. The SMILES string of the molecule is COc1ccc(NC(=O)Nc2ccc(Nc3nc(C)cc(Nc4ccc(C)cc4)n3)cc2)cc1. The van der Waals surface area contributed by atoms with Gasteiger partial charge in [-0.15, -0.1) is 0 Å². The number of nitrogens with one attached hydrogen (secondary N) is 4. The van der Waals surface area contributed by atoms with Gasteiger partial charge in [0.15, 0.2) is 0 Å². The molecule has 0 spiro atoms.